The minimum Gasteiger partial charge on any atom is -0.360 e. The molecule has 1 heterocycles. The predicted molar refractivity (Wildman–Crippen MR) is 35.2 cm³/mol. The van der Waals surface area contributed by atoms with Crippen molar-refractivity contribution in [2.24, 2.45) is 0 Å². The molecule has 1 aromatic heterocycles. The van der Waals surface area contributed by atoms with Crippen molar-refractivity contribution in [1.82, 2.24) is 9.97 Å². The van der Waals surface area contributed by atoms with Crippen molar-refractivity contribution in [1.29, 1.82) is 0 Å². The van der Waals surface area contributed by atoms with E-state index in [0.717, 1.165) is 6.20 Å². The molecule has 0 unspecified atom stereocenters. The molecule has 1 aromatic rings. The zero-order valence-electron chi connectivity index (χ0n) is 5.80. The Labute approximate surface area is 58.5 Å². The third-order valence-electron chi connectivity index (χ3n) is 1.03. The average Bonchev–Trinajstić information content (AvgIpc) is 1.88. The van der Waals surface area contributed by atoms with Gasteiger partial charge >= 0.3 is 0 Å². The average molecular weight is 140 g/mol. The Balaban J connectivity index is 3.03. The zero-order valence-corrected chi connectivity index (χ0v) is 5.80. The maximum absolute atomic E-state index is 12.7. The van der Waals surface area contributed by atoms with Crippen molar-refractivity contribution in [3.63, 3.8) is 0 Å². The van der Waals surface area contributed by atoms with Crippen LogP contribution in [0.3, 0.4) is 0 Å². The van der Waals surface area contributed by atoms with Gasteiger partial charge in [-0.2, -0.15) is 0 Å². The molecule has 4 heteroatoms. The molecule has 0 bridgehead atoms. The highest BCUT2D eigenvalue weighted by molar-refractivity contribution is 5.35. The van der Waals surface area contributed by atoms with Crippen LogP contribution in [0.25, 0.3) is 0 Å². The van der Waals surface area contributed by atoms with Crippen LogP contribution >= 0.6 is 0 Å². The number of nitrogens with zero attached hydrogens (tertiary/aromatic N) is 3. The van der Waals surface area contributed by atoms with Crippen LogP contribution in [0, 0.1) is 12.1 Å². The second-order valence-corrected chi connectivity index (χ2v) is 2.04. The van der Waals surface area contributed by atoms with Gasteiger partial charge in [0.15, 0.2) is 18.0 Å². The summed E-state index contributed by atoms with van der Waals surface area (Å²) in [5.74, 6) is -0.168. The molecule has 0 aliphatic heterocycles. The number of anilines is 1. The van der Waals surface area contributed by atoms with E-state index in [1.165, 1.54) is 0 Å². The van der Waals surface area contributed by atoms with Gasteiger partial charge in [-0.15, -0.1) is 0 Å². The highest BCUT2D eigenvalue weighted by atomic mass is 19.1. The summed E-state index contributed by atoms with van der Waals surface area (Å²) in [5, 5.41) is 0. The summed E-state index contributed by atoms with van der Waals surface area (Å²) < 4.78 is 12.7. The van der Waals surface area contributed by atoms with E-state index in [1.54, 1.807) is 19.0 Å². The van der Waals surface area contributed by atoms with Crippen molar-refractivity contribution >= 4 is 5.82 Å². The van der Waals surface area contributed by atoms with Crippen LogP contribution in [0.1, 0.15) is 0 Å². The van der Waals surface area contributed by atoms with Crippen molar-refractivity contribution in [3.8, 4) is 0 Å². The third-order valence-corrected chi connectivity index (χ3v) is 1.03. The molecule has 0 amide bonds. The summed E-state index contributed by atoms with van der Waals surface area (Å²) in [6, 6.07) is 0. The summed E-state index contributed by atoms with van der Waals surface area (Å²) in [4.78, 5) is 8.55. The normalized spacial score (nSPS) is 9.50. The molecule has 0 saturated heterocycles. The Morgan fingerprint density at radius 3 is 2.70 bits per heavy atom. The molecule has 0 aliphatic carbocycles. The molecule has 53 valence electrons. The molecule has 0 N–H and O–H groups in total. The maximum atomic E-state index is 12.7. The van der Waals surface area contributed by atoms with E-state index in [9.17, 15) is 4.39 Å². The molecule has 1 rings (SSSR count). The van der Waals surface area contributed by atoms with E-state index in [-0.39, 0.29) is 5.82 Å². The van der Waals surface area contributed by atoms with Crippen molar-refractivity contribution in [2.75, 3.05) is 19.0 Å². The molecule has 0 saturated carbocycles. The SMILES string of the molecule is CN(C)c1n[c]ncc1F. The first kappa shape index (κ1) is 6.92. The quantitative estimate of drug-likeness (QED) is 0.568. The maximum Gasteiger partial charge on any atom is 0.199 e. The first-order chi connectivity index (χ1) is 4.72. The van der Waals surface area contributed by atoms with Gasteiger partial charge in [-0.3, -0.25) is 0 Å². The lowest BCUT2D eigenvalue weighted by Gasteiger charge is -2.09. The summed E-state index contributed by atoms with van der Waals surface area (Å²) in [6.07, 6.45) is 3.39. The topological polar surface area (TPSA) is 29.0 Å². The van der Waals surface area contributed by atoms with Gasteiger partial charge in [0.1, 0.15) is 0 Å². The van der Waals surface area contributed by atoms with Gasteiger partial charge < -0.3 is 4.90 Å². The largest absolute Gasteiger partial charge is 0.360 e. The van der Waals surface area contributed by atoms with Crippen LogP contribution in [0.2, 0.25) is 0 Å². The minimum absolute atomic E-state index is 0.259. The van der Waals surface area contributed by atoms with Crippen LogP contribution in [0.4, 0.5) is 10.2 Å². The molecule has 10 heavy (non-hydrogen) atoms. The Morgan fingerprint density at radius 1 is 1.60 bits per heavy atom. The van der Waals surface area contributed by atoms with E-state index in [0.29, 0.717) is 0 Å². The number of rotatable bonds is 1. The Morgan fingerprint density at radius 2 is 2.30 bits per heavy atom. The second-order valence-electron chi connectivity index (χ2n) is 2.04. The first-order valence-electron chi connectivity index (χ1n) is 2.77. The van der Waals surface area contributed by atoms with Gasteiger partial charge in [0.2, 0.25) is 0 Å². The van der Waals surface area contributed by atoms with Gasteiger partial charge in [0, 0.05) is 14.1 Å². The van der Waals surface area contributed by atoms with Crippen LogP contribution in [0.5, 0.6) is 0 Å². The molecular formula is C6H7FN3. The Kier molecular flexibility index (Phi) is 1.80. The summed E-state index contributed by atoms with van der Waals surface area (Å²) in [6.45, 7) is 0. The zero-order chi connectivity index (χ0) is 7.56. The highest BCUT2D eigenvalue weighted by Gasteiger charge is 2.03. The molecule has 3 nitrogen and oxygen atoms in total. The van der Waals surface area contributed by atoms with Gasteiger partial charge in [-0.05, 0) is 0 Å². The molecule has 0 atom stereocenters. The van der Waals surface area contributed by atoms with Gasteiger partial charge in [-0.1, -0.05) is 0 Å². The Hall–Kier alpha value is -1.19. The lowest BCUT2D eigenvalue weighted by molar-refractivity contribution is 0.611. The fourth-order valence-corrected chi connectivity index (χ4v) is 0.587. The highest BCUT2D eigenvalue weighted by Crippen LogP contribution is 2.08. The van der Waals surface area contributed by atoms with E-state index in [2.05, 4.69) is 16.3 Å². The lowest BCUT2D eigenvalue weighted by atomic mass is 10.5. The molecule has 1 radical (unpaired) electrons. The lowest BCUT2D eigenvalue weighted by Crippen LogP contribution is -2.12. The number of aromatic nitrogens is 2. The van der Waals surface area contributed by atoms with Crippen molar-refractivity contribution in [3.05, 3.63) is 18.3 Å². The fourth-order valence-electron chi connectivity index (χ4n) is 0.587. The minimum atomic E-state index is -0.427. The van der Waals surface area contributed by atoms with Crippen LogP contribution in [0.15, 0.2) is 6.20 Å². The smallest absolute Gasteiger partial charge is 0.199 e. The molecule has 0 aliphatic rings. The Bertz CT molecular complexity index is 224. The van der Waals surface area contributed by atoms with Crippen LogP contribution in [-0.2, 0) is 0 Å². The molecule has 0 spiro atoms. The number of hydrogen-bond donors (Lipinski definition) is 0. The molecular weight excluding hydrogens is 133 g/mol. The molecule has 0 aromatic carbocycles. The summed E-state index contributed by atoms with van der Waals surface area (Å²) in [7, 11) is 3.42. The van der Waals surface area contributed by atoms with Gasteiger partial charge in [-0.25, -0.2) is 14.4 Å². The standard InChI is InChI=1S/C6H7FN3/c1-10(2)6-5(7)3-8-4-9-6/h3H,1-2H3. The van der Waals surface area contributed by atoms with E-state index in [4.69, 9.17) is 0 Å². The van der Waals surface area contributed by atoms with Crippen LogP contribution < -0.4 is 4.90 Å². The second kappa shape index (κ2) is 2.60. The van der Waals surface area contributed by atoms with Gasteiger partial charge in [0.25, 0.3) is 0 Å². The number of hydrogen-bond acceptors (Lipinski definition) is 3. The summed E-state index contributed by atoms with van der Waals surface area (Å²) >= 11 is 0. The van der Waals surface area contributed by atoms with Crippen LogP contribution in [-0.4, -0.2) is 24.1 Å². The van der Waals surface area contributed by atoms with E-state index >= 15 is 0 Å². The number of halogens is 1. The third kappa shape index (κ3) is 1.21. The van der Waals surface area contributed by atoms with Crippen molar-refractivity contribution in [2.45, 2.75) is 0 Å². The fraction of sp³-hybridized carbons (Fsp3) is 0.333. The van der Waals surface area contributed by atoms with Crippen molar-refractivity contribution < 1.29 is 4.39 Å². The first-order valence-corrected chi connectivity index (χ1v) is 2.77. The summed E-state index contributed by atoms with van der Waals surface area (Å²) in [5.41, 5.74) is 0. The predicted octanol–water partition coefficient (Wildman–Crippen LogP) is 0.482. The molecule has 0 fully saturated rings. The van der Waals surface area contributed by atoms with E-state index in [1.807, 2.05) is 0 Å². The van der Waals surface area contributed by atoms with Gasteiger partial charge in [0.05, 0.1) is 6.20 Å². The van der Waals surface area contributed by atoms with E-state index < -0.39 is 5.82 Å². The monoisotopic (exact) mass is 140 g/mol.